The molecule has 3 amide bonds. The van der Waals surface area contributed by atoms with E-state index in [1.165, 1.54) is 11.3 Å². The number of Topliss-reactive ketones (excluding diaryl/α,β-unsaturated/α-hetero) is 1. The first-order chi connectivity index (χ1) is 21.1. The van der Waals surface area contributed by atoms with Gasteiger partial charge >= 0.3 is 6.03 Å². The van der Waals surface area contributed by atoms with E-state index in [2.05, 4.69) is 10.6 Å². The number of methoxy groups -OCH3 is 1. The summed E-state index contributed by atoms with van der Waals surface area (Å²) in [5, 5.41) is 8.28. The molecule has 9 heteroatoms. The minimum absolute atomic E-state index is 0.122. The van der Waals surface area contributed by atoms with Gasteiger partial charge in [-0.3, -0.25) is 9.59 Å². The van der Waals surface area contributed by atoms with Gasteiger partial charge in [-0.25, -0.2) is 4.79 Å². The smallest absolute Gasteiger partial charge is 0.323 e. The van der Waals surface area contributed by atoms with Gasteiger partial charge in [-0.05, 0) is 53.4 Å². The summed E-state index contributed by atoms with van der Waals surface area (Å²) in [4.78, 5) is 48.0. The fourth-order valence-electron chi connectivity index (χ4n) is 6.31. The van der Waals surface area contributed by atoms with Crippen LogP contribution in [0.2, 0.25) is 0 Å². The third-order valence-electron chi connectivity index (χ3n) is 8.30. The van der Waals surface area contributed by atoms with E-state index >= 15 is 0 Å². The van der Waals surface area contributed by atoms with E-state index in [0.717, 1.165) is 10.4 Å². The Morgan fingerprint density at radius 1 is 0.860 bits per heavy atom. The zero-order chi connectivity index (χ0) is 29.8. The predicted octanol–water partition coefficient (Wildman–Crippen LogP) is 5.43. The fourth-order valence-corrected chi connectivity index (χ4v) is 7.18. The summed E-state index contributed by atoms with van der Waals surface area (Å²) >= 11 is 1.49. The second kappa shape index (κ2) is 12.8. The summed E-state index contributed by atoms with van der Waals surface area (Å²) < 4.78 is 5.34. The third kappa shape index (κ3) is 5.78. The number of carbonyl (C=O) groups excluding carboxylic acids is 3. The maximum Gasteiger partial charge on any atom is 0.323 e. The van der Waals surface area contributed by atoms with Crippen molar-refractivity contribution in [1.29, 1.82) is 0 Å². The number of nitrogens with zero attached hydrogens (tertiary/aromatic N) is 2. The Morgan fingerprint density at radius 3 is 2.16 bits per heavy atom. The molecule has 1 aromatic heterocycles. The quantitative estimate of drug-likeness (QED) is 0.279. The van der Waals surface area contributed by atoms with Crippen LogP contribution in [0.15, 0.2) is 102 Å². The van der Waals surface area contributed by atoms with Crippen molar-refractivity contribution in [3.05, 3.63) is 118 Å². The zero-order valence-electron chi connectivity index (χ0n) is 23.9. The molecule has 4 unspecified atom stereocenters. The molecule has 6 rings (SSSR count). The Bertz CT molecular complexity index is 1540. The highest BCUT2D eigenvalue weighted by Crippen LogP contribution is 2.52. The summed E-state index contributed by atoms with van der Waals surface area (Å²) in [6, 6.07) is 27.8. The molecule has 0 aliphatic carbocycles. The molecular weight excluding hydrogens is 560 g/mol. The highest BCUT2D eigenvalue weighted by atomic mass is 32.1. The number of hydrogen-bond acceptors (Lipinski definition) is 6. The molecule has 3 aromatic carbocycles. The molecule has 0 radical (unpaired) electrons. The topological polar surface area (TPSA) is 91.0 Å². The number of benzene rings is 3. The SMILES string of the molecule is COc1ccc(C(=O)C2C(c3ccccc3)C(C(=O)N3CCNCC3)N(C(=O)Nc3ccccc3)C2c2cccs2)cc1. The van der Waals surface area contributed by atoms with Crippen LogP contribution in [0.25, 0.3) is 0 Å². The van der Waals surface area contributed by atoms with Crippen molar-refractivity contribution in [1.82, 2.24) is 15.1 Å². The zero-order valence-corrected chi connectivity index (χ0v) is 24.7. The van der Waals surface area contributed by atoms with Gasteiger partial charge in [0, 0.05) is 48.2 Å². The van der Waals surface area contributed by atoms with Crippen LogP contribution >= 0.6 is 11.3 Å². The maximum atomic E-state index is 14.7. The van der Waals surface area contributed by atoms with E-state index in [1.54, 1.807) is 36.3 Å². The summed E-state index contributed by atoms with van der Waals surface area (Å²) in [7, 11) is 1.58. The first kappa shape index (κ1) is 28.6. The largest absolute Gasteiger partial charge is 0.497 e. The highest BCUT2D eigenvalue weighted by Gasteiger charge is 2.58. The van der Waals surface area contributed by atoms with Gasteiger partial charge in [-0.1, -0.05) is 54.6 Å². The van der Waals surface area contributed by atoms with Crippen LogP contribution in [0.5, 0.6) is 5.75 Å². The van der Waals surface area contributed by atoms with E-state index in [9.17, 15) is 14.4 Å². The Hall–Kier alpha value is -4.47. The van der Waals surface area contributed by atoms with E-state index in [-0.39, 0.29) is 11.7 Å². The van der Waals surface area contributed by atoms with E-state index < -0.39 is 30.0 Å². The van der Waals surface area contributed by atoms with Gasteiger partial charge in [0.15, 0.2) is 5.78 Å². The normalized spacial score (nSPS) is 21.8. The Morgan fingerprint density at radius 2 is 1.53 bits per heavy atom. The highest BCUT2D eigenvalue weighted by molar-refractivity contribution is 7.10. The molecule has 8 nitrogen and oxygen atoms in total. The number of likely N-dealkylation sites (tertiary alicyclic amines) is 1. The van der Waals surface area contributed by atoms with Gasteiger partial charge in [0.05, 0.1) is 19.1 Å². The third-order valence-corrected chi connectivity index (χ3v) is 9.25. The number of urea groups is 1. The number of rotatable bonds is 7. The number of ketones is 1. The molecule has 2 N–H and O–H groups in total. The van der Waals surface area contributed by atoms with Crippen LogP contribution in [-0.2, 0) is 4.79 Å². The molecule has 2 aliphatic rings. The van der Waals surface area contributed by atoms with Crippen molar-refractivity contribution in [2.45, 2.75) is 18.0 Å². The van der Waals surface area contributed by atoms with Crippen molar-refractivity contribution in [3.63, 3.8) is 0 Å². The van der Waals surface area contributed by atoms with Gasteiger partial charge in [0.1, 0.15) is 11.8 Å². The number of anilines is 1. The first-order valence-corrected chi connectivity index (χ1v) is 15.4. The minimum Gasteiger partial charge on any atom is -0.497 e. The van der Waals surface area contributed by atoms with Gasteiger partial charge < -0.3 is 25.2 Å². The molecule has 4 aromatic rings. The molecular formula is C34H34N4O4S. The van der Waals surface area contributed by atoms with Gasteiger partial charge in [-0.2, -0.15) is 0 Å². The van der Waals surface area contributed by atoms with Crippen LogP contribution in [-0.4, -0.2) is 66.9 Å². The maximum absolute atomic E-state index is 14.7. The summed E-state index contributed by atoms with van der Waals surface area (Å²) in [5.41, 5.74) is 1.97. The van der Waals surface area contributed by atoms with Crippen molar-refractivity contribution in [2.75, 3.05) is 38.6 Å². The standard InChI is InChI=1S/C34H34N4O4S/c1-42-26-16-14-24(15-17-26)32(39)29-28(23-9-4-2-5-10-23)31(33(40)37-20-18-35-19-21-37)38(30(29)27-13-8-22-43-27)34(41)36-25-11-6-3-7-12-25/h2-17,22,28-31,35H,18-21H2,1H3,(H,36,41). The van der Waals surface area contributed by atoms with E-state index in [1.807, 2.05) is 83.1 Å². The number of hydrogen-bond donors (Lipinski definition) is 2. The van der Waals surface area contributed by atoms with E-state index in [4.69, 9.17) is 4.74 Å². The van der Waals surface area contributed by atoms with Crippen LogP contribution in [0, 0.1) is 5.92 Å². The van der Waals surface area contributed by atoms with Crippen LogP contribution in [0.4, 0.5) is 10.5 Å². The number of amides is 3. The summed E-state index contributed by atoms with van der Waals surface area (Å²) in [6.45, 7) is 2.41. The molecule has 3 heterocycles. The molecule has 43 heavy (non-hydrogen) atoms. The number of ether oxygens (including phenoxy) is 1. The number of carbonyl (C=O) groups is 3. The lowest BCUT2D eigenvalue weighted by molar-refractivity contribution is -0.136. The number of para-hydroxylation sites is 1. The molecule has 2 aliphatic heterocycles. The first-order valence-electron chi connectivity index (χ1n) is 14.5. The van der Waals surface area contributed by atoms with Crippen molar-refractivity contribution in [3.8, 4) is 5.75 Å². The second-order valence-corrected chi connectivity index (χ2v) is 11.7. The average molecular weight is 595 g/mol. The van der Waals surface area contributed by atoms with Crippen LogP contribution < -0.4 is 15.4 Å². The van der Waals surface area contributed by atoms with Gasteiger partial charge in [-0.15, -0.1) is 11.3 Å². The van der Waals surface area contributed by atoms with E-state index in [0.29, 0.717) is 43.2 Å². The summed E-state index contributed by atoms with van der Waals surface area (Å²) in [5.74, 6) is -0.916. The molecule has 0 saturated carbocycles. The number of nitrogens with one attached hydrogen (secondary N) is 2. The van der Waals surface area contributed by atoms with Gasteiger partial charge in [0.25, 0.3) is 0 Å². The van der Waals surface area contributed by atoms with Crippen LogP contribution in [0.3, 0.4) is 0 Å². The molecule has 0 spiro atoms. The average Bonchev–Trinajstić information content (AvgIpc) is 3.72. The molecule has 4 atom stereocenters. The Balaban J connectivity index is 1.53. The summed E-state index contributed by atoms with van der Waals surface area (Å²) in [6.07, 6.45) is 0. The minimum atomic E-state index is -0.900. The Labute approximate surface area is 255 Å². The predicted molar refractivity (Wildman–Crippen MR) is 168 cm³/mol. The molecule has 220 valence electrons. The lowest BCUT2D eigenvalue weighted by atomic mass is 9.77. The van der Waals surface area contributed by atoms with Crippen molar-refractivity contribution in [2.24, 2.45) is 5.92 Å². The lowest BCUT2D eigenvalue weighted by Gasteiger charge is -2.36. The van der Waals surface area contributed by atoms with Crippen molar-refractivity contribution < 1.29 is 19.1 Å². The second-order valence-electron chi connectivity index (χ2n) is 10.7. The molecule has 2 fully saturated rings. The lowest BCUT2D eigenvalue weighted by Crippen LogP contribution is -2.55. The molecule has 2 saturated heterocycles. The monoisotopic (exact) mass is 594 g/mol. The number of piperazine rings is 1. The van der Waals surface area contributed by atoms with Crippen LogP contribution in [0.1, 0.15) is 32.8 Å². The van der Waals surface area contributed by atoms with Gasteiger partial charge in [0.2, 0.25) is 5.91 Å². The van der Waals surface area contributed by atoms with Crippen molar-refractivity contribution >= 4 is 34.7 Å². The molecule has 0 bridgehead atoms. The Kier molecular flexibility index (Phi) is 8.53. The fraction of sp³-hybridized carbons (Fsp3) is 0.265. The number of thiophene rings is 1.